The summed E-state index contributed by atoms with van der Waals surface area (Å²) in [6.45, 7) is 2.17. The fourth-order valence-electron chi connectivity index (χ4n) is 1.37. The number of benzene rings is 1. The predicted octanol–water partition coefficient (Wildman–Crippen LogP) is 1.93. The molecule has 0 fully saturated rings. The van der Waals surface area contributed by atoms with E-state index in [0.29, 0.717) is 11.8 Å². The minimum Gasteiger partial charge on any atom is -0.508 e. The van der Waals surface area contributed by atoms with Crippen molar-refractivity contribution >= 4 is 0 Å². The van der Waals surface area contributed by atoms with Crippen LogP contribution in [0.2, 0.25) is 0 Å². The molecule has 1 aromatic carbocycles. The summed E-state index contributed by atoms with van der Waals surface area (Å²) in [6.07, 6.45) is 2.14. The third-order valence-electron chi connectivity index (χ3n) is 2.32. The summed E-state index contributed by atoms with van der Waals surface area (Å²) >= 11 is 0. The van der Waals surface area contributed by atoms with Gasteiger partial charge in [0, 0.05) is 6.04 Å². The number of rotatable bonds is 4. The monoisotopic (exact) mass is 179 g/mol. The number of likely N-dealkylation sites (N-methyl/N-ethyl adjacent to an activating group) is 1. The number of aromatic hydroxyl groups is 1. The second-order valence-electron chi connectivity index (χ2n) is 3.26. The molecular formula is C11H17NO. The van der Waals surface area contributed by atoms with Crippen molar-refractivity contribution in [2.75, 3.05) is 7.05 Å². The van der Waals surface area contributed by atoms with Crippen molar-refractivity contribution in [1.29, 1.82) is 0 Å². The minimum absolute atomic E-state index is 0.334. The first kappa shape index (κ1) is 10.1. The van der Waals surface area contributed by atoms with E-state index in [4.69, 9.17) is 5.11 Å². The van der Waals surface area contributed by atoms with Crippen molar-refractivity contribution in [3.8, 4) is 5.75 Å². The van der Waals surface area contributed by atoms with E-state index < -0.39 is 0 Å². The molecule has 1 unspecified atom stereocenters. The summed E-state index contributed by atoms with van der Waals surface area (Å²) in [5.41, 5.74) is 1.26. The molecule has 0 aromatic heterocycles. The van der Waals surface area contributed by atoms with Gasteiger partial charge in [-0.3, -0.25) is 0 Å². The molecule has 2 N–H and O–H groups in total. The van der Waals surface area contributed by atoms with Gasteiger partial charge in [-0.1, -0.05) is 19.1 Å². The maximum absolute atomic E-state index is 9.09. The molecule has 1 atom stereocenters. The van der Waals surface area contributed by atoms with Crippen molar-refractivity contribution in [3.05, 3.63) is 29.8 Å². The summed E-state index contributed by atoms with van der Waals surface area (Å²) in [7, 11) is 1.98. The topological polar surface area (TPSA) is 32.3 Å². The highest BCUT2D eigenvalue weighted by molar-refractivity contribution is 5.26. The van der Waals surface area contributed by atoms with Crippen LogP contribution in [-0.2, 0) is 6.42 Å². The number of nitrogens with one attached hydrogen (secondary N) is 1. The SMILES string of the molecule is CCC(Cc1ccc(O)cc1)NC. The van der Waals surface area contributed by atoms with E-state index in [0.717, 1.165) is 12.8 Å². The smallest absolute Gasteiger partial charge is 0.115 e. The minimum atomic E-state index is 0.334. The van der Waals surface area contributed by atoms with E-state index in [9.17, 15) is 0 Å². The summed E-state index contributed by atoms with van der Waals surface area (Å²) < 4.78 is 0. The lowest BCUT2D eigenvalue weighted by molar-refractivity contribution is 0.474. The summed E-state index contributed by atoms with van der Waals surface area (Å²) in [5.74, 6) is 0.334. The van der Waals surface area contributed by atoms with Crippen LogP contribution < -0.4 is 5.32 Å². The van der Waals surface area contributed by atoms with Crippen LogP contribution in [0.1, 0.15) is 18.9 Å². The maximum Gasteiger partial charge on any atom is 0.115 e. The second-order valence-corrected chi connectivity index (χ2v) is 3.26. The third kappa shape index (κ3) is 3.07. The molecule has 1 rings (SSSR count). The number of hydrogen-bond acceptors (Lipinski definition) is 2. The zero-order chi connectivity index (χ0) is 9.68. The van der Waals surface area contributed by atoms with E-state index >= 15 is 0 Å². The van der Waals surface area contributed by atoms with Gasteiger partial charge in [0.2, 0.25) is 0 Å². The molecule has 72 valence electrons. The lowest BCUT2D eigenvalue weighted by Crippen LogP contribution is -2.26. The molecule has 0 radical (unpaired) electrons. The van der Waals surface area contributed by atoms with Gasteiger partial charge in [-0.15, -0.1) is 0 Å². The lowest BCUT2D eigenvalue weighted by Gasteiger charge is -2.13. The molecule has 0 aliphatic heterocycles. The van der Waals surface area contributed by atoms with Gasteiger partial charge in [-0.2, -0.15) is 0 Å². The van der Waals surface area contributed by atoms with Crippen molar-refractivity contribution in [2.45, 2.75) is 25.8 Å². The first-order valence-corrected chi connectivity index (χ1v) is 4.71. The first-order valence-electron chi connectivity index (χ1n) is 4.71. The fraction of sp³-hybridized carbons (Fsp3) is 0.455. The van der Waals surface area contributed by atoms with Gasteiger partial charge in [-0.05, 0) is 37.6 Å². The van der Waals surface area contributed by atoms with Gasteiger partial charge < -0.3 is 10.4 Å². The Kier molecular flexibility index (Phi) is 3.77. The van der Waals surface area contributed by atoms with Crippen LogP contribution in [0.5, 0.6) is 5.75 Å². The van der Waals surface area contributed by atoms with Crippen LogP contribution in [0.15, 0.2) is 24.3 Å². The highest BCUT2D eigenvalue weighted by atomic mass is 16.3. The first-order chi connectivity index (χ1) is 6.26. The highest BCUT2D eigenvalue weighted by Gasteiger charge is 2.03. The molecule has 0 heterocycles. The van der Waals surface area contributed by atoms with E-state index in [1.54, 1.807) is 12.1 Å². The Hall–Kier alpha value is -1.02. The average Bonchev–Trinajstić information content (AvgIpc) is 2.17. The van der Waals surface area contributed by atoms with E-state index in [-0.39, 0.29) is 0 Å². The van der Waals surface area contributed by atoms with Gasteiger partial charge in [0.05, 0.1) is 0 Å². The quantitative estimate of drug-likeness (QED) is 0.740. The van der Waals surface area contributed by atoms with E-state index in [2.05, 4.69) is 12.2 Å². The molecular weight excluding hydrogens is 162 g/mol. The number of phenols is 1. The maximum atomic E-state index is 9.09. The van der Waals surface area contributed by atoms with Gasteiger partial charge in [0.15, 0.2) is 0 Å². The Morgan fingerprint density at radius 2 is 1.92 bits per heavy atom. The zero-order valence-corrected chi connectivity index (χ0v) is 8.25. The van der Waals surface area contributed by atoms with Gasteiger partial charge >= 0.3 is 0 Å². The molecule has 2 heteroatoms. The van der Waals surface area contributed by atoms with Crippen LogP contribution in [0.3, 0.4) is 0 Å². The zero-order valence-electron chi connectivity index (χ0n) is 8.25. The Bertz CT molecular complexity index is 239. The van der Waals surface area contributed by atoms with Crippen LogP contribution in [0.4, 0.5) is 0 Å². The van der Waals surface area contributed by atoms with Crippen LogP contribution >= 0.6 is 0 Å². The predicted molar refractivity (Wildman–Crippen MR) is 54.9 cm³/mol. The Morgan fingerprint density at radius 1 is 1.31 bits per heavy atom. The normalized spacial score (nSPS) is 12.8. The average molecular weight is 179 g/mol. The second kappa shape index (κ2) is 4.87. The summed E-state index contributed by atoms with van der Waals surface area (Å²) in [5, 5.41) is 12.3. The van der Waals surface area contributed by atoms with Crippen molar-refractivity contribution < 1.29 is 5.11 Å². The molecule has 0 amide bonds. The van der Waals surface area contributed by atoms with E-state index in [1.807, 2.05) is 19.2 Å². The summed E-state index contributed by atoms with van der Waals surface area (Å²) in [4.78, 5) is 0. The molecule has 0 aliphatic rings. The van der Waals surface area contributed by atoms with E-state index in [1.165, 1.54) is 5.56 Å². The fourth-order valence-corrected chi connectivity index (χ4v) is 1.37. The van der Waals surface area contributed by atoms with Crippen molar-refractivity contribution in [2.24, 2.45) is 0 Å². The molecule has 2 nitrogen and oxygen atoms in total. The molecule has 0 bridgehead atoms. The molecule has 0 spiro atoms. The summed E-state index contributed by atoms with van der Waals surface area (Å²) in [6, 6.07) is 7.93. The van der Waals surface area contributed by atoms with Gasteiger partial charge in [0.1, 0.15) is 5.75 Å². The third-order valence-corrected chi connectivity index (χ3v) is 2.32. The van der Waals surface area contributed by atoms with Crippen molar-refractivity contribution in [1.82, 2.24) is 5.32 Å². The van der Waals surface area contributed by atoms with Crippen LogP contribution in [0.25, 0.3) is 0 Å². The molecule has 0 saturated heterocycles. The van der Waals surface area contributed by atoms with Gasteiger partial charge in [-0.25, -0.2) is 0 Å². The Morgan fingerprint density at radius 3 is 2.38 bits per heavy atom. The molecule has 0 saturated carbocycles. The van der Waals surface area contributed by atoms with Crippen LogP contribution in [-0.4, -0.2) is 18.2 Å². The largest absolute Gasteiger partial charge is 0.508 e. The Balaban J connectivity index is 2.58. The van der Waals surface area contributed by atoms with Crippen LogP contribution in [0, 0.1) is 0 Å². The standard InChI is InChI=1S/C11H17NO/c1-3-10(12-2)8-9-4-6-11(13)7-5-9/h4-7,10,12-13H,3,8H2,1-2H3. The Labute approximate surface area is 79.6 Å². The number of phenolic OH excluding ortho intramolecular Hbond substituents is 1. The highest BCUT2D eigenvalue weighted by Crippen LogP contribution is 2.11. The lowest BCUT2D eigenvalue weighted by atomic mass is 10.0. The van der Waals surface area contributed by atoms with Crippen molar-refractivity contribution in [3.63, 3.8) is 0 Å². The molecule has 0 aliphatic carbocycles. The number of hydrogen-bond donors (Lipinski definition) is 2. The van der Waals surface area contributed by atoms with Gasteiger partial charge in [0.25, 0.3) is 0 Å². The molecule has 1 aromatic rings. The molecule has 13 heavy (non-hydrogen) atoms.